The molecule has 1 aromatic rings. The quantitative estimate of drug-likeness (QED) is 0.810. The van der Waals surface area contributed by atoms with Gasteiger partial charge in [0.2, 0.25) is 0 Å². The lowest BCUT2D eigenvalue weighted by molar-refractivity contribution is -0.120. The maximum atomic E-state index is 13.9. The van der Waals surface area contributed by atoms with Crippen LogP contribution < -0.4 is 4.90 Å². The van der Waals surface area contributed by atoms with E-state index in [1.807, 2.05) is 0 Å². The van der Waals surface area contributed by atoms with Crippen LogP contribution in [-0.4, -0.2) is 34.5 Å². The minimum atomic E-state index is -0.811. The largest absolute Gasteiger partial charge is 0.506 e. The smallest absolute Gasteiger partial charge is 0.332 e. The summed E-state index contributed by atoms with van der Waals surface area (Å²) in [5.41, 5.74) is -0.253. The van der Waals surface area contributed by atoms with Crippen LogP contribution in [0.2, 0.25) is 5.02 Å². The Morgan fingerprint density at radius 1 is 1.30 bits per heavy atom. The highest BCUT2D eigenvalue weighted by atomic mass is 35.5. The van der Waals surface area contributed by atoms with Gasteiger partial charge < -0.3 is 10.0 Å². The molecule has 7 heteroatoms. The van der Waals surface area contributed by atoms with Crippen molar-refractivity contribution in [3.8, 4) is 5.75 Å². The normalized spacial score (nSPS) is 22.4. The summed E-state index contributed by atoms with van der Waals surface area (Å²) in [6, 6.07) is 0.838. The Bertz CT molecular complexity index is 584. The molecule has 2 aliphatic rings. The second-order valence-corrected chi connectivity index (χ2v) is 5.32. The van der Waals surface area contributed by atoms with Gasteiger partial charge in [0.15, 0.2) is 0 Å². The number of rotatable bonds is 1. The minimum Gasteiger partial charge on any atom is -0.506 e. The molecule has 0 radical (unpaired) electrons. The second kappa shape index (κ2) is 4.63. The van der Waals surface area contributed by atoms with Gasteiger partial charge in [-0.3, -0.25) is 4.79 Å². The molecule has 0 spiro atoms. The molecule has 0 aliphatic carbocycles. The highest BCUT2D eigenvalue weighted by molar-refractivity contribution is 6.32. The van der Waals surface area contributed by atoms with Crippen molar-refractivity contribution in [2.75, 3.05) is 11.4 Å². The number of hydrogen-bond acceptors (Lipinski definition) is 3. The van der Waals surface area contributed by atoms with Crippen LogP contribution in [0.15, 0.2) is 12.1 Å². The fraction of sp³-hybridized carbons (Fsp3) is 0.385. The lowest BCUT2D eigenvalue weighted by Gasteiger charge is -2.25. The number of benzene rings is 1. The number of anilines is 1. The second-order valence-electron chi connectivity index (χ2n) is 4.92. The van der Waals surface area contributed by atoms with Gasteiger partial charge in [0.05, 0.1) is 10.7 Å². The van der Waals surface area contributed by atoms with E-state index in [-0.39, 0.29) is 16.5 Å². The molecule has 5 nitrogen and oxygen atoms in total. The Morgan fingerprint density at radius 2 is 2.05 bits per heavy atom. The van der Waals surface area contributed by atoms with Crippen LogP contribution in [0.25, 0.3) is 0 Å². The molecule has 0 aromatic heterocycles. The van der Waals surface area contributed by atoms with E-state index >= 15 is 0 Å². The van der Waals surface area contributed by atoms with Gasteiger partial charge in [0.1, 0.15) is 17.6 Å². The molecule has 3 amide bonds. The van der Waals surface area contributed by atoms with E-state index in [2.05, 4.69) is 0 Å². The van der Waals surface area contributed by atoms with E-state index in [1.165, 1.54) is 4.90 Å². The lowest BCUT2D eigenvalue weighted by atomic mass is 10.0. The Balaban J connectivity index is 2.04. The van der Waals surface area contributed by atoms with Crippen LogP contribution in [0.3, 0.4) is 0 Å². The molecular formula is C13H12ClFN2O3. The molecule has 2 heterocycles. The summed E-state index contributed by atoms with van der Waals surface area (Å²) < 4.78 is 13.9. The molecule has 2 fully saturated rings. The molecule has 3 rings (SSSR count). The van der Waals surface area contributed by atoms with Crippen LogP contribution >= 0.6 is 11.6 Å². The van der Waals surface area contributed by atoms with Gasteiger partial charge in [-0.15, -0.1) is 0 Å². The van der Waals surface area contributed by atoms with Crippen LogP contribution in [0.1, 0.15) is 19.3 Å². The number of halogens is 2. The van der Waals surface area contributed by atoms with Gasteiger partial charge in [0.25, 0.3) is 5.91 Å². The average molecular weight is 299 g/mol. The molecular weight excluding hydrogens is 287 g/mol. The zero-order chi connectivity index (χ0) is 14.4. The summed E-state index contributed by atoms with van der Waals surface area (Å²) >= 11 is 5.60. The summed E-state index contributed by atoms with van der Waals surface area (Å²) in [6.45, 7) is 0.493. The van der Waals surface area contributed by atoms with Crippen LogP contribution in [0.4, 0.5) is 14.9 Å². The summed E-state index contributed by atoms with van der Waals surface area (Å²) in [4.78, 5) is 26.8. The standard InChI is InChI=1S/C13H12ClFN2O3/c14-7-5-8(15)10(6-11(7)18)17-12(19)9-3-1-2-4-16(9)13(17)20/h5-6,9,18H,1-4H2. The molecule has 1 unspecified atom stereocenters. The first kappa shape index (κ1) is 13.2. The van der Waals surface area contributed by atoms with Gasteiger partial charge in [-0.1, -0.05) is 11.6 Å². The predicted molar refractivity (Wildman–Crippen MR) is 70.3 cm³/mol. The maximum absolute atomic E-state index is 13.9. The highest BCUT2D eigenvalue weighted by Crippen LogP contribution is 2.36. The van der Waals surface area contributed by atoms with E-state index in [1.54, 1.807) is 0 Å². The number of carbonyl (C=O) groups excluding carboxylic acids is 2. The Morgan fingerprint density at radius 3 is 2.75 bits per heavy atom. The number of piperidine rings is 1. The summed E-state index contributed by atoms with van der Waals surface area (Å²) in [6.07, 6.45) is 2.28. The summed E-state index contributed by atoms with van der Waals surface area (Å²) in [5.74, 6) is -1.63. The zero-order valence-corrected chi connectivity index (χ0v) is 11.2. The number of hydrogen-bond donors (Lipinski definition) is 1. The monoisotopic (exact) mass is 298 g/mol. The molecule has 2 aliphatic heterocycles. The van der Waals surface area contributed by atoms with E-state index in [0.29, 0.717) is 13.0 Å². The van der Waals surface area contributed by atoms with Gasteiger partial charge in [-0.2, -0.15) is 0 Å². The number of imide groups is 1. The van der Waals surface area contributed by atoms with E-state index in [0.717, 1.165) is 29.9 Å². The number of phenolic OH excluding ortho intramolecular Hbond substituents is 1. The number of aromatic hydroxyl groups is 1. The number of phenols is 1. The van der Waals surface area contributed by atoms with Crippen molar-refractivity contribution in [1.82, 2.24) is 4.90 Å². The number of carbonyl (C=O) groups is 2. The van der Waals surface area contributed by atoms with Gasteiger partial charge in [0, 0.05) is 12.6 Å². The first-order valence-corrected chi connectivity index (χ1v) is 6.71. The van der Waals surface area contributed by atoms with Crippen LogP contribution in [-0.2, 0) is 4.79 Å². The third kappa shape index (κ3) is 1.83. The van der Waals surface area contributed by atoms with Crippen molar-refractivity contribution in [3.05, 3.63) is 23.0 Å². The van der Waals surface area contributed by atoms with Crippen molar-refractivity contribution in [2.24, 2.45) is 0 Å². The molecule has 106 valence electrons. The number of fused-ring (bicyclic) bond motifs is 1. The van der Waals surface area contributed by atoms with Crippen molar-refractivity contribution >= 4 is 29.2 Å². The zero-order valence-electron chi connectivity index (χ0n) is 10.5. The van der Waals surface area contributed by atoms with Crippen molar-refractivity contribution < 1.29 is 19.1 Å². The Kier molecular flexibility index (Phi) is 3.05. The maximum Gasteiger partial charge on any atom is 0.332 e. The van der Waals surface area contributed by atoms with Gasteiger partial charge >= 0.3 is 6.03 Å². The third-order valence-electron chi connectivity index (χ3n) is 3.70. The molecule has 2 saturated heterocycles. The summed E-state index contributed by atoms with van der Waals surface area (Å²) in [5, 5.41) is 9.39. The molecule has 1 aromatic carbocycles. The number of amides is 3. The van der Waals surface area contributed by atoms with Crippen molar-refractivity contribution in [3.63, 3.8) is 0 Å². The number of urea groups is 1. The first-order valence-electron chi connectivity index (χ1n) is 6.33. The molecule has 0 saturated carbocycles. The van der Waals surface area contributed by atoms with Gasteiger partial charge in [-0.25, -0.2) is 14.1 Å². The third-order valence-corrected chi connectivity index (χ3v) is 4.01. The lowest BCUT2D eigenvalue weighted by Crippen LogP contribution is -2.39. The first-order chi connectivity index (χ1) is 9.50. The van der Waals surface area contributed by atoms with E-state index in [4.69, 9.17) is 11.6 Å². The Hall–Kier alpha value is -1.82. The van der Waals surface area contributed by atoms with Crippen molar-refractivity contribution in [2.45, 2.75) is 25.3 Å². The molecule has 20 heavy (non-hydrogen) atoms. The van der Waals surface area contributed by atoms with Crippen LogP contribution in [0, 0.1) is 5.82 Å². The topological polar surface area (TPSA) is 60.9 Å². The average Bonchev–Trinajstić information content (AvgIpc) is 2.68. The predicted octanol–water partition coefficient (Wildman–Crippen LogP) is 2.51. The SMILES string of the molecule is O=C1C2CCCCN2C(=O)N1c1cc(O)c(Cl)cc1F. The molecule has 1 atom stereocenters. The Labute approximate surface area is 119 Å². The van der Waals surface area contributed by atoms with E-state index in [9.17, 15) is 19.1 Å². The van der Waals surface area contributed by atoms with Crippen molar-refractivity contribution in [1.29, 1.82) is 0 Å². The van der Waals surface area contributed by atoms with Gasteiger partial charge in [-0.05, 0) is 25.3 Å². The minimum absolute atomic E-state index is 0.164. The summed E-state index contributed by atoms with van der Waals surface area (Å²) in [7, 11) is 0. The number of nitrogens with zero attached hydrogens (tertiary/aromatic N) is 2. The molecule has 1 N–H and O–H groups in total. The van der Waals surface area contributed by atoms with Crippen LogP contribution in [0.5, 0.6) is 5.75 Å². The fourth-order valence-corrected chi connectivity index (χ4v) is 2.86. The fourth-order valence-electron chi connectivity index (χ4n) is 2.71. The van der Waals surface area contributed by atoms with E-state index < -0.39 is 23.8 Å². The highest BCUT2D eigenvalue weighted by Gasteiger charge is 2.47. The molecule has 0 bridgehead atoms.